The monoisotopic (exact) mass is 241 g/mol. The van der Waals surface area contributed by atoms with Gasteiger partial charge in [-0.2, -0.15) is 0 Å². The first-order valence-electron chi connectivity index (χ1n) is 4.74. The molecule has 88 valence electrons. The summed E-state index contributed by atoms with van der Waals surface area (Å²) >= 11 is 0. The zero-order valence-corrected chi connectivity index (χ0v) is 9.84. The summed E-state index contributed by atoms with van der Waals surface area (Å²) in [5.74, 6) is -0.00683. The molecule has 1 atom stereocenters. The Labute approximate surface area is 96.7 Å². The van der Waals surface area contributed by atoms with Gasteiger partial charge in [-0.15, -0.1) is 0 Å². The summed E-state index contributed by atoms with van der Waals surface area (Å²) < 4.78 is 10.9. The van der Waals surface area contributed by atoms with Gasteiger partial charge in [0.05, 0.1) is 5.56 Å². The van der Waals surface area contributed by atoms with Gasteiger partial charge in [-0.05, 0) is 18.2 Å². The van der Waals surface area contributed by atoms with E-state index in [1.807, 2.05) is 0 Å². The quantitative estimate of drug-likeness (QED) is 0.639. The van der Waals surface area contributed by atoms with E-state index in [1.165, 1.54) is 0 Å². The van der Waals surface area contributed by atoms with Crippen molar-refractivity contribution in [3.63, 3.8) is 0 Å². The van der Waals surface area contributed by atoms with Crippen molar-refractivity contribution in [2.24, 2.45) is 5.73 Å². The maximum Gasteiger partial charge on any atom is 0.250 e. The van der Waals surface area contributed by atoms with E-state index in [1.54, 1.807) is 24.5 Å². The molecule has 0 heterocycles. The second-order valence-electron chi connectivity index (χ2n) is 3.37. The SMILES string of the molecule is CS(=O)CCNc1cc(N)ccc1C(N)=O. The number of primary amides is 1. The Morgan fingerprint density at radius 2 is 2.19 bits per heavy atom. The van der Waals surface area contributed by atoms with E-state index < -0.39 is 16.7 Å². The molecule has 0 saturated carbocycles. The fraction of sp³-hybridized carbons (Fsp3) is 0.300. The second kappa shape index (κ2) is 5.50. The lowest BCUT2D eigenvalue weighted by atomic mass is 10.1. The molecule has 0 saturated heterocycles. The van der Waals surface area contributed by atoms with E-state index in [9.17, 15) is 9.00 Å². The van der Waals surface area contributed by atoms with Crippen LogP contribution in [-0.4, -0.2) is 28.7 Å². The first-order valence-corrected chi connectivity index (χ1v) is 6.46. The largest absolute Gasteiger partial charge is 0.399 e. The lowest BCUT2D eigenvalue weighted by molar-refractivity contribution is 0.100. The Morgan fingerprint density at radius 3 is 2.75 bits per heavy atom. The van der Waals surface area contributed by atoms with Gasteiger partial charge in [-0.25, -0.2) is 0 Å². The van der Waals surface area contributed by atoms with Gasteiger partial charge in [0.15, 0.2) is 0 Å². The minimum absolute atomic E-state index is 0.385. The zero-order valence-electron chi connectivity index (χ0n) is 9.03. The fourth-order valence-electron chi connectivity index (χ4n) is 1.25. The van der Waals surface area contributed by atoms with Crippen molar-refractivity contribution in [2.75, 3.05) is 29.6 Å². The standard InChI is InChI=1S/C10H15N3O2S/c1-16(15)5-4-13-9-6-7(11)2-3-8(9)10(12)14/h2-3,6,13H,4-5,11H2,1H3,(H2,12,14). The summed E-state index contributed by atoms with van der Waals surface area (Å²) in [6, 6.07) is 4.82. The summed E-state index contributed by atoms with van der Waals surface area (Å²) in [4.78, 5) is 11.1. The number of nitrogens with one attached hydrogen (secondary N) is 1. The molecule has 1 aromatic carbocycles. The van der Waals surface area contributed by atoms with E-state index in [0.717, 1.165) is 0 Å². The number of hydrogen-bond donors (Lipinski definition) is 3. The van der Waals surface area contributed by atoms with Crippen LogP contribution in [0.15, 0.2) is 18.2 Å². The molecule has 0 fully saturated rings. The Kier molecular flexibility index (Phi) is 4.30. The van der Waals surface area contributed by atoms with E-state index in [2.05, 4.69) is 5.32 Å². The van der Waals surface area contributed by atoms with Gasteiger partial charge in [0.2, 0.25) is 0 Å². The summed E-state index contributed by atoms with van der Waals surface area (Å²) in [7, 11) is -0.872. The topological polar surface area (TPSA) is 98.2 Å². The molecule has 0 spiro atoms. The third kappa shape index (κ3) is 3.54. The number of nitrogen functional groups attached to an aromatic ring is 1. The van der Waals surface area contributed by atoms with Crippen LogP contribution in [0.25, 0.3) is 0 Å². The molecular weight excluding hydrogens is 226 g/mol. The molecule has 1 unspecified atom stereocenters. The smallest absolute Gasteiger partial charge is 0.250 e. The maximum atomic E-state index is 11.1. The molecule has 5 N–H and O–H groups in total. The average molecular weight is 241 g/mol. The Morgan fingerprint density at radius 1 is 1.50 bits per heavy atom. The van der Waals surface area contributed by atoms with Gasteiger partial charge in [0, 0.05) is 40.7 Å². The molecule has 5 nitrogen and oxygen atoms in total. The van der Waals surface area contributed by atoms with Crippen LogP contribution < -0.4 is 16.8 Å². The highest BCUT2D eigenvalue weighted by Gasteiger charge is 2.07. The van der Waals surface area contributed by atoms with Gasteiger partial charge in [0.1, 0.15) is 0 Å². The third-order valence-corrected chi connectivity index (χ3v) is 2.79. The van der Waals surface area contributed by atoms with E-state index >= 15 is 0 Å². The van der Waals surface area contributed by atoms with E-state index in [0.29, 0.717) is 29.2 Å². The molecular formula is C10H15N3O2S. The number of benzene rings is 1. The molecule has 0 aliphatic carbocycles. The summed E-state index contributed by atoms with van der Waals surface area (Å²) in [5.41, 5.74) is 12.3. The molecule has 0 aliphatic rings. The van der Waals surface area contributed by atoms with Crippen LogP contribution >= 0.6 is 0 Å². The maximum absolute atomic E-state index is 11.1. The lowest BCUT2D eigenvalue weighted by Gasteiger charge is -2.10. The molecule has 0 radical (unpaired) electrons. The molecule has 1 rings (SSSR count). The number of nitrogens with two attached hydrogens (primary N) is 2. The van der Waals surface area contributed by atoms with Crippen LogP contribution in [0.3, 0.4) is 0 Å². The van der Waals surface area contributed by atoms with Crippen molar-refractivity contribution in [3.8, 4) is 0 Å². The van der Waals surface area contributed by atoms with Gasteiger partial charge < -0.3 is 16.8 Å². The number of carbonyl (C=O) groups excluding carboxylic acids is 1. The Balaban J connectivity index is 2.80. The Hall–Kier alpha value is -1.56. The predicted molar refractivity (Wildman–Crippen MR) is 66.8 cm³/mol. The highest BCUT2D eigenvalue weighted by Crippen LogP contribution is 2.18. The number of rotatable bonds is 5. The van der Waals surface area contributed by atoms with Gasteiger partial charge >= 0.3 is 0 Å². The van der Waals surface area contributed by atoms with Crippen LogP contribution in [-0.2, 0) is 10.8 Å². The number of amides is 1. The highest BCUT2D eigenvalue weighted by molar-refractivity contribution is 7.84. The summed E-state index contributed by atoms with van der Waals surface area (Å²) in [5, 5.41) is 2.99. The Bertz CT molecular complexity index is 421. The van der Waals surface area contributed by atoms with Crippen LogP contribution in [0.5, 0.6) is 0 Å². The average Bonchev–Trinajstić information content (AvgIpc) is 2.16. The number of carbonyl (C=O) groups is 1. The summed E-state index contributed by atoms with van der Waals surface area (Å²) in [6.45, 7) is 0.507. The number of anilines is 2. The molecule has 0 aliphatic heterocycles. The second-order valence-corrected chi connectivity index (χ2v) is 4.93. The van der Waals surface area contributed by atoms with Crippen molar-refractivity contribution >= 4 is 28.1 Å². The van der Waals surface area contributed by atoms with Gasteiger partial charge in [-0.1, -0.05) is 0 Å². The molecule has 16 heavy (non-hydrogen) atoms. The van der Waals surface area contributed by atoms with Gasteiger partial charge in [-0.3, -0.25) is 9.00 Å². The lowest BCUT2D eigenvalue weighted by Crippen LogP contribution is -2.17. The van der Waals surface area contributed by atoms with Crippen molar-refractivity contribution in [1.29, 1.82) is 0 Å². The molecule has 1 amide bonds. The highest BCUT2D eigenvalue weighted by atomic mass is 32.2. The molecule has 0 aromatic heterocycles. The van der Waals surface area contributed by atoms with E-state index in [4.69, 9.17) is 11.5 Å². The normalized spacial score (nSPS) is 12.1. The zero-order chi connectivity index (χ0) is 12.1. The minimum atomic E-state index is -0.872. The first-order chi connectivity index (χ1) is 7.50. The molecule has 1 aromatic rings. The minimum Gasteiger partial charge on any atom is -0.399 e. The van der Waals surface area contributed by atoms with Gasteiger partial charge in [0.25, 0.3) is 5.91 Å². The predicted octanol–water partition coefficient (Wildman–Crippen LogP) is 0.158. The third-order valence-electron chi connectivity index (χ3n) is 2.01. The van der Waals surface area contributed by atoms with Crippen molar-refractivity contribution in [3.05, 3.63) is 23.8 Å². The van der Waals surface area contributed by atoms with Crippen molar-refractivity contribution in [2.45, 2.75) is 0 Å². The van der Waals surface area contributed by atoms with Crippen LogP contribution in [0.4, 0.5) is 11.4 Å². The van der Waals surface area contributed by atoms with Crippen LogP contribution in [0.1, 0.15) is 10.4 Å². The van der Waals surface area contributed by atoms with Crippen LogP contribution in [0, 0.1) is 0 Å². The molecule has 0 bridgehead atoms. The van der Waals surface area contributed by atoms with Crippen molar-refractivity contribution < 1.29 is 9.00 Å². The van der Waals surface area contributed by atoms with Crippen LogP contribution in [0.2, 0.25) is 0 Å². The fourth-order valence-corrected chi connectivity index (χ4v) is 1.64. The van der Waals surface area contributed by atoms with E-state index in [-0.39, 0.29) is 0 Å². The summed E-state index contributed by atoms with van der Waals surface area (Å²) in [6.07, 6.45) is 1.62. The molecule has 6 heteroatoms. The first kappa shape index (κ1) is 12.5. The van der Waals surface area contributed by atoms with Crippen molar-refractivity contribution in [1.82, 2.24) is 0 Å². The number of hydrogen-bond acceptors (Lipinski definition) is 4.